The summed E-state index contributed by atoms with van der Waals surface area (Å²) in [6, 6.07) is -0.906. The van der Waals surface area contributed by atoms with Crippen molar-refractivity contribution in [3.05, 3.63) is 72.9 Å². The van der Waals surface area contributed by atoms with Gasteiger partial charge in [-0.3, -0.25) is 9.36 Å². The number of phosphoric ester groups is 1. The molecule has 73 heavy (non-hydrogen) atoms. The van der Waals surface area contributed by atoms with E-state index in [1.165, 1.54) is 193 Å². The minimum atomic E-state index is -4.61. The minimum Gasteiger partial charge on any atom is -0.756 e. The van der Waals surface area contributed by atoms with E-state index in [4.69, 9.17) is 9.05 Å². The summed E-state index contributed by atoms with van der Waals surface area (Å²) in [6.07, 6.45) is 75.7. The molecule has 0 spiro atoms. The van der Waals surface area contributed by atoms with Gasteiger partial charge in [0, 0.05) is 6.42 Å². The first-order valence-electron chi connectivity index (χ1n) is 30.8. The number of hydrogen-bond acceptors (Lipinski definition) is 6. The molecule has 0 bridgehead atoms. The van der Waals surface area contributed by atoms with E-state index in [9.17, 15) is 19.4 Å². The summed E-state index contributed by atoms with van der Waals surface area (Å²) >= 11 is 0. The number of carbonyl (C=O) groups is 1. The number of aliphatic hydroxyl groups is 1. The van der Waals surface area contributed by atoms with Crippen LogP contribution < -0.4 is 10.2 Å². The van der Waals surface area contributed by atoms with Crippen molar-refractivity contribution >= 4 is 13.7 Å². The lowest BCUT2D eigenvalue weighted by molar-refractivity contribution is -0.870. The van der Waals surface area contributed by atoms with E-state index in [1.54, 1.807) is 6.08 Å². The van der Waals surface area contributed by atoms with Crippen molar-refractivity contribution in [2.24, 2.45) is 0 Å². The Morgan fingerprint density at radius 3 is 1.27 bits per heavy atom. The quantitative estimate of drug-likeness (QED) is 0.0272. The molecular formula is C64H119N2O6P. The molecule has 0 aliphatic heterocycles. The molecule has 0 aliphatic rings. The Bertz CT molecular complexity index is 1420. The van der Waals surface area contributed by atoms with E-state index in [0.717, 1.165) is 64.2 Å². The van der Waals surface area contributed by atoms with Gasteiger partial charge in [0.05, 0.1) is 39.9 Å². The topological polar surface area (TPSA) is 108 Å². The zero-order valence-electron chi connectivity index (χ0n) is 48.6. The smallest absolute Gasteiger partial charge is 0.268 e. The maximum absolute atomic E-state index is 13.0. The second-order valence-corrected chi connectivity index (χ2v) is 23.4. The van der Waals surface area contributed by atoms with Gasteiger partial charge in [0.15, 0.2) is 0 Å². The number of likely N-dealkylation sites (N-methyl/N-ethyl adjacent to an activating group) is 1. The van der Waals surface area contributed by atoms with Crippen LogP contribution in [-0.2, 0) is 18.4 Å². The summed E-state index contributed by atoms with van der Waals surface area (Å²) in [5, 5.41) is 13.9. The molecule has 2 N–H and O–H groups in total. The Kier molecular flexibility index (Phi) is 53.2. The zero-order valence-corrected chi connectivity index (χ0v) is 49.5. The monoisotopic (exact) mass is 1040 g/mol. The van der Waals surface area contributed by atoms with Crippen LogP contribution in [0.15, 0.2) is 72.9 Å². The van der Waals surface area contributed by atoms with E-state index in [0.29, 0.717) is 17.4 Å². The predicted octanol–water partition coefficient (Wildman–Crippen LogP) is 18.4. The van der Waals surface area contributed by atoms with Crippen LogP contribution in [0.3, 0.4) is 0 Å². The van der Waals surface area contributed by atoms with E-state index < -0.39 is 26.6 Å². The van der Waals surface area contributed by atoms with Crippen LogP contribution in [0.4, 0.5) is 0 Å². The third kappa shape index (κ3) is 57.5. The molecule has 3 unspecified atom stereocenters. The number of nitrogens with one attached hydrogen (secondary N) is 1. The molecule has 9 heteroatoms. The molecule has 426 valence electrons. The van der Waals surface area contributed by atoms with Crippen molar-refractivity contribution in [2.45, 2.75) is 289 Å². The molecule has 3 atom stereocenters. The van der Waals surface area contributed by atoms with Gasteiger partial charge in [0.1, 0.15) is 13.2 Å². The average Bonchev–Trinajstić information content (AvgIpc) is 3.35. The maximum atomic E-state index is 13.0. The molecule has 0 radical (unpaired) electrons. The van der Waals surface area contributed by atoms with Crippen LogP contribution in [0, 0.1) is 0 Å². The van der Waals surface area contributed by atoms with Gasteiger partial charge in [0.25, 0.3) is 7.82 Å². The summed E-state index contributed by atoms with van der Waals surface area (Å²) in [7, 11) is 1.25. The van der Waals surface area contributed by atoms with E-state index in [2.05, 4.69) is 79.9 Å². The van der Waals surface area contributed by atoms with E-state index >= 15 is 0 Å². The molecule has 0 heterocycles. The summed E-state index contributed by atoms with van der Waals surface area (Å²) in [5.41, 5.74) is 0. The maximum Gasteiger partial charge on any atom is 0.268 e. The predicted molar refractivity (Wildman–Crippen MR) is 316 cm³/mol. The fraction of sp³-hybridized carbons (Fsp3) is 0.797. The molecular weight excluding hydrogens is 924 g/mol. The second-order valence-electron chi connectivity index (χ2n) is 22.0. The third-order valence-corrected chi connectivity index (χ3v) is 14.6. The van der Waals surface area contributed by atoms with Crippen LogP contribution in [0.2, 0.25) is 0 Å². The Morgan fingerprint density at radius 2 is 0.849 bits per heavy atom. The number of unbranched alkanes of at least 4 members (excludes halogenated alkanes) is 33. The average molecular weight is 1040 g/mol. The fourth-order valence-corrected chi connectivity index (χ4v) is 9.59. The van der Waals surface area contributed by atoms with E-state index in [-0.39, 0.29) is 12.5 Å². The van der Waals surface area contributed by atoms with Crippen molar-refractivity contribution in [3.63, 3.8) is 0 Å². The normalized spacial score (nSPS) is 14.3. The van der Waals surface area contributed by atoms with E-state index in [1.807, 2.05) is 27.2 Å². The Balaban J connectivity index is 4.13. The number of allylic oxidation sites excluding steroid dienone is 11. The summed E-state index contributed by atoms with van der Waals surface area (Å²) in [5.74, 6) is -0.205. The Labute approximate surface area is 453 Å². The molecule has 0 saturated carbocycles. The van der Waals surface area contributed by atoms with Gasteiger partial charge < -0.3 is 28.8 Å². The van der Waals surface area contributed by atoms with Crippen molar-refractivity contribution in [1.29, 1.82) is 0 Å². The van der Waals surface area contributed by atoms with Crippen LogP contribution in [0.1, 0.15) is 277 Å². The highest BCUT2D eigenvalue weighted by Crippen LogP contribution is 2.38. The van der Waals surface area contributed by atoms with Gasteiger partial charge in [-0.1, -0.05) is 273 Å². The number of hydrogen-bond donors (Lipinski definition) is 2. The fourth-order valence-electron chi connectivity index (χ4n) is 8.87. The van der Waals surface area contributed by atoms with Gasteiger partial charge in [0.2, 0.25) is 5.91 Å². The first-order chi connectivity index (χ1) is 35.5. The van der Waals surface area contributed by atoms with Gasteiger partial charge in [-0.25, -0.2) is 0 Å². The second kappa shape index (κ2) is 54.7. The number of quaternary nitrogens is 1. The number of phosphoric acid groups is 1. The Hall–Kier alpha value is -2.06. The number of carbonyl (C=O) groups excluding carboxylic acids is 1. The molecule has 0 aromatic heterocycles. The molecule has 0 aliphatic carbocycles. The Morgan fingerprint density at radius 1 is 0.493 bits per heavy atom. The zero-order chi connectivity index (χ0) is 53.5. The van der Waals surface area contributed by atoms with Crippen molar-refractivity contribution in [3.8, 4) is 0 Å². The van der Waals surface area contributed by atoms with Crippen molar-refractivity contribution < 1.29 is 32.9 Å². The molecule has 1 amide bonds. The van der Waals surface area contributed by atoms with Crippen molar-refractivity contribution in [1.82, 2.24) is 5.32 Å². The lowest BCUT2D eigenvalue weighted by Gasteiger charge is -2.29. The SMILES string of the molecule is CC/C=C\C/C=C\C/C=C\C/C=C\CCCCCCCCCCCCCCCCCCCCC(=O)NC(COP(=O)([O-])OCC[N+](C)(C)C)C(O)/C=C/CC/C=C/CCCCCCCCCCCCCCCC. The van der Waals surface area contributed by atoms with Crippen LogP contribution in [-0.4, -0.2) is 68.5 Å². The summed E-state index contributed by atoms with van der Waals surface area (Å²) in [4.78, 5) is 25.5. The number of amides is 1. The van der Waals surface area contributed by atoms with Gasteiger partial charge >= 0.3 is 0 Å². The largest absolute Gasteiger partial charge is 0.756 e. The summed E-state index contributed by atoms with van der Waals surface area (Å²) in [6.45, 7) is 4.54. The highest BCUT2D eigenvalue weighted by molar-refractivity contribution is 7.45. The summed E-state index contributed by atoms with van der Waals surface area (Å²) < 4.78 is 23.4. The lowest BCUT2D eigenvalue weighted by Crippen LogP contribution is -2.45. The molecule has 8 nitrogen and oxygen atoms in total. The van der Waals surface area contributed by atoms with Crippen molar-refractivity contribution in [2.75, 3.05) is 40.9 Å². The lowest BCUT2D eigenvalue weighted by atomic mass is 10.0. The van der Waals surface area contributed by atoms with Gasteiger partial charge in [-0.05, 0) is 70.6 Å². The highest BCUT2D eigenvalue weighted by Gasteiger charge is 2.23. The van der Waals surface area contributed by atoms with Gasteiger partial charge in [-0.2, -0.15) is 0 Å². The minimum absolute atomic E-state index is 0.00716. The van der Waals surface area contributed by atoms with Gasteiger partial charge in [-0.15, -0.1) is 0 Å². The van der Waals surface area contributed by atoms with Crippen LogP contribution in [0.25, 0.3) is 0 Å². The first kappa shape index (κ1) is 70.9. The highest BCUT2D eigenvalue weighted by atomic mass is 31.2. The third-order valence-electron chi connectivity index (χ3n) is 13.7. The van der Waals surface area contributed by atoms with Crippen LogP contribution in [0.5, 0.6) is 0 Å². The number of nitrogens with zero attached hydrogens (tertiary/aromatic N) is 1. The van der Waals surface area contributed by atoms with Crippen LogP contribution >= 0.6 is 7.82 Å². The molecule has 0 aromatic carbocycles. The molecule has 0 rings (SSSR count). The number of rotatable bonds is 56. The molecule has 0 saturated heterocycles. The molecule has 0 fully saturated rings. The number of aliphatic hydroxyl groups excluding tert-OH is 1. The first-order valence-corrected chi connectivity index (χ1v) is 32.3. The molecule has 0 aromatic rings. The standard InChI is InChI=1S/C64H119N2O6P/c1-6-8-10-12-14-16-18-20-22-24-26-28-29-30-31-32-33-34-35-36-37-38-40-42-44-46-48-50-52-54-56-58-64(68)65-62(61-72-73(69,70)71-60-59-66(3,4)5)63(67)57-55-53-51-49-47-45-43-41-39-27-25-23-21-19-17-15-13-11-9-7-2/h8,10,14,16,20,22,26,28,47,49,55,57,62-63,67H,6-7,9,11-13,15,17-19,21,23-25,27,29-46,48,50-54,56,58-61H2,1-5H3,(H-,65,68,69,70)/b10-8-,16-14-,22-20-,28-26-,49-47+,57-55+.